The van der Waals surface area contributed by atoms with Gasteiger partial charge in [0.25, 0.3) is 0 Å². The second-order valence-corrected chi connectivity index (χ2v) is 5.00. The van der Waals surface area contributed by atoms with Crippen molar-refractivity contribution < 1.29 is 9.21 Å². The van der Waals surface area contributed by atoms with Gasteiger partial charge < -0.3 is 15.1 Å². The molecule has 0 spiro atoms. The number of hydrogen-bond donors (Lipinski definition) is 2. The number of rotatable bonds is 4. The summed E-state index contributed by atoms with van der Waals surface area (Å²) in [6.07, 6.45) is 1.58. The summed E-state index contributed by atoms with van der Waals surface area (Å²) in [4.78, 5) is 11.8. The van der Waals surface area contributed by atoms with Crippen molar-refractivity contribution in [2.24, 2.45) is 0 Å². The maximum absolute atomic E-state index is 11.8. The third-order valence-corrected chi connectivity index (χ3v) is 3.44. The SMILES string of the molecule is CC(NC(=O)NCc1ccco1)c1ccccc1Br. The maximum Gasteiger partial charge on any atom is 0.315 e. The van der Waals surface area contributed by atoms with Gasteiger partial charge in [0.2, 0.25) is 0 Å². The summed E-state index contributed by atoms with van der Waals surface area (Å²) in [5.41, 5.74) is 1.04. The number of halogens is 1. The quantitative estimate of drug-likeness (QED) is 0.903. The summed E-state index contributed by atoms with van der Waals surface area (Å²) in [6, 6.07) is 11.1. The molecule has 1 heterocycles. The zero-order valence-corrected chi connectivity index (χ0v) is 12.1. The Morgan fingerprint density at radius 1 is 1.32 bits per heavy atom. The predicted octanol–water partition coefficient (Wildman–Crippen LogP) is 3.60. The van der Waals surface area contributed by atoms with Gasteiger partial charge in [-0.1, -0.05) is 34.1 Å². The van der Waals surface area contributed by atoms with E-state index in [1.807, 2.05) is 37.3 Å². The van der Waals surface area contributed by atoms with E-state index in [1.54, 1.807) is 12.3 Å². The van der Waals surface area contributed by atoms with Crippen LogP contribution in [0.1, 0.15) is 24.3 Å². The van der Waals surface area contributed by atoms with Crippen molar-refractivity contribution in [3.63, 3.8) is 0 Å². The molecule has 100 valence electrons. The third-order valence-electron chi connectivity index (χ3n) is 2.72. The summed E-state index contributed by atoms with van der Waals surface area (Å²) >= 11 is 3.47. The van der Waals surface area contributed by atoms with E-state index in [0.29, 0.717) is 6.54 Å². The fraction of sp³-hybridized carbons (Fsp3) is 0.214. The average molecular weight is 323 g/mol. The lowest BCUT2D eigenvalue weighted by Gasteiger charge is -2.16. The summed E-state index contributed by atoms with van der Waals surface area (Å²) in [6.45, 7) is 2.31. The monoisotopic (exact) mass is 322 g/mol. The van der Waals surface area contributed by atoms with Gasteiger partial charge in [0.1, 0.15) is 5.76 Å². The molecule has 0 radical (unpaired) electrons. The van der Waals surface area contributed by atoms with Gasteiger partial charge in [-0.2, -0.15) is 0 Å². The minimum absolute atomic E-state index is 0.0767. The smallest absolute Gasteiger partial charge is 0.315 e. The van der Waals surface area contributed by atoms with Gasteiger partial charge in [0, 0.05) is 4.47 Å². The van der Waals surface area contributed by atoms with Crippen molar-refractivity contribution in [1.29, 1.82) is 0 Å². The molecule has 1 aromatic heterocycles. The highest BCUT2D eigenvalue weighted by atomic mass is 79.9. The van der Waals surface area contributed by atoms with Crippen LogP contribution in [0.5, 0.6) is 0 Å². The lowest BCUT2D eigenvalue weighted by Crippen LogP contribution is -2.36. The lowest BCUT2D eigenvalue weighted by atomic mass is 10.1. The Balaban J connectivity index is 1.87. The van der Waals surface area contributed by atoms with Crippen LogP contribution in [0, 0.1) is 0 Å². The number of hydrogen-bond acceptors (Lipinski definition) is 2. The molecular weight excluding hydrogens is 308 g/mol. The molecule has 0 aliphatic carbocycles. The Morgan fingerprint density at radius 2 is 2.11 bits per heavy atom. The van der Waals surface area contributed by atoms with E-state index in [9.17, 15) is 4.79 Å². The number of amides is 2. The van der Waals surface area contributed by atoms with Crippen LogP contribution in [0.3, 0.4) is 0 Å². The molecule has 0 saturated carbocycles. The van der Waals surface area contributed by atoms with Gasteiger partial charge in [-0.15, -0.1) is 0 Å². The van der Waals surface area contributed by atoms with E-state index in [-0.39, 0.29) is 12.1 Å². The molecule has 0 aliphatic heterocycles. The average Bonchev–Trinajstić information content (AvgIpc) is 2.90. The van der Waals surface area contributed by atoms with Crippen molar-refractivity contribution in [2.75, 3.05) is 0 Å². The van der Waals surface area contributed by atoms with Crippen molar-refractivity contribution in [1.82, 2.24) is 10.6 Å². The normalized spacial score (nSPS) is 11.9. The van der Waals surface area contributed by atoms with E-state index in [4.69, 9.17) is 4.42 Å². The Hall–Kier alpha value is -1.75. The Labute approximate surface area is 120 Å². The molecule has 2 N–H and O–H groups in total. The summed E-state index contributed by atoms with van der Waals surface area (Å²) < 4.78 is 6.12. The highest BCUT2D eigenvalue weighted by Gasteiger charge is 2.11. The molecule has 0 saturated heterocycles. The predicted molar refractivity (Wildman–Crippen MR) is 76.6 cm³/mol. The Kier molecular flexibility index (Phi) is 4.63. The second-order valence-electron chi connectivity index (χ2n) is 4.15. The first-order chi connectivity index (χ1) is 9.16. The largest absolute Gasteiger partial charge is 0.467 e. The number of nitrogens with one attached hydrogen (secondary N) is 2. The van der Waals surface area contributed by atoms with Crippen LogP contribution in [0.4, 0.5) is 4.79 Å². The molecular formula is C14H15BrN2O2. The van der Waals surface area contributed by atoms with Gasteiger partial charge in [-0.3, -0.25) is 0 Å². The van der Waals surface area contributed by atoms with Crippen LogP contribution in [-0.2, 0) is 6.54 Å². The molecule has 0 fully saturated rings. The summed E-state index contributed by atoms with van der Waals surface area (Å²) in [5, 5.41) is 5.62. The van der Waals surface area contributed by atoms with Gasteiger partial charge >= 0.3 is 6.03 Å². The van der Waals surface area contributed by atoms with Gasteiger partial charge in [-0.05, 0) is 30.7 Å². The highest BCUT2D eigenvalue weighted by molar-refractivity contribution is 9.10. The summed E-state index contributed by atoms with van der Waals surface area (Å²) in [7, 11) is 0. The van der Waals surface area contributed by atoms with E-state index in [1.165, 1.54) is 0 Å². The molecule has 1 aromatic carbocycles. The van der Waals surface area contributed by atoms with Crippen molar-refractivity contribution >= 4 is 22.0 Å². The van der Waals surface area contributed by atoms with Crippen LogP contribution in [-0.4, -0.2) is 6.03 Å². The van der Waals surface area contributed by atoms with Crippen molar-refractivity contribution in [3.8, 4) is 0 Å². The minimum atomic E-state index is -0.223. The Morgan fingerprint density at radius 3 is 2.79 bits per heavy atom. The number of urea groups is 1. The topological polar surface area (TPSA) is 54.3 Å². The second kappa shape index (κ2) is 6.43. The van der Waals surface area contributed by atoms with Crippen LogP contribution < -0.4 is 10.6 Å². The summed E-state index contributed by atoms with van der Waals surface area (Å²) in [5.74, 6) is 0.726. The standard InChI is InChI=1S/C14H15BrN2O2/c1-10(12-6-2-3-7-13(12)15)17-14(18)16-9-11-5-4-8-19-11/h2-8,10H,9H2,1H3,(H2,16,17,18). The molecule has 1 unspecified atom stereocenters. The highest BCUT2D eigenvalue weighted by Crippen LogP contribution is 2.22. The molecule has 0 aliphatic rings. The van der Waals surface area contributed by atoms with Crippen molar-refractivity contribution in [3.05, 3.63) is 58.5 Å². The zero-order valence-electron chi connectivity index (χ0n) is 10.5. The van der Waals surface area contributed by atoms with Crippen LogP contribution in [0.15, 0.2) is 51.6 Å². The number of benzene rings is 1. The number of furan rings is 1. The van der Waals surface area contributed by atoms with Crippen LogP contribution in [0.2, 0.25) is 0 Å². The molecule has 19 heavy (non-hydrogen) atoms. The molecule has 0 bridgehead atoms. The number of carbonyl (C=O) groups is 1. The van der Waals surface area contributed by atoms with Crippen LogP contribution in [0.25, 0.3) is 0 Å². The van der Waals surface area contributed by atoms with E-state index < -0.39 is 0 Å². The van der Waals surface area contributed by atoms with Crippen LogP contribution >= 0.6 is 15.9 Å². The first kappa shape index (κ1) is 13.7. The molecule has 2 rings (SSSR count). The molecule has 2 amide bonds. The van der Waals surface area contributed by atoms with E-state index >= 15 is 0 Å². The number of carbonyl (C=O) groups excluding carboxylic acids is 1. The van der Waals surface area contributed by atoms with Gasteiger partial charge in [0.15, 0.2) is 0 Å². The molecule has 2 aromatic rings. The fourth-order valence-electron chi connectivity index (χ4n) is 1.73. The first-order valence-electron chi connectivity index (χ1n) is 5.98. The van der Waals surface area contributed by atoms with E-state index in [2.05, 4.69) is 26.6 Å². The van der Waals surface area contributed by atoms with Crippen molar-refractivity contribution in [2.45, 2.75) is 19.5 Å². The Bertz CT molecular complexity index is 540. The first-order valence-corrected chi connectivity index (χ1v) is 6.77. The molecule has 5 heteroatoms. The third kappa shape index (κ3) is 3.86. The zero-order chi connectivity index (χ0) is 13.7. The maximum atomic E-state index is 11.8. The molecule has 1 atom stereocenters. The fourth-order valence-corrected chi connectivity index (χ4v) is 2.36. The van der Waals surface area contributed by atoms with Gasteiger partial charge in [0.05, 0.1) is 18.8 Å². The van der Waals surface area contributed by atoms with E-state index in [0.717, 1.165) is 15.8 Å². The lowest BCUT2D eigenvalue weighted by molar-refractivity contribution is 0.236. The minimum Gasteiger partial charge on any atom is -0.467 e. The van der Waals surface area contributed by atoms with Gasteiger partial charge in [-0.25, -0.2) is 4.79 Å². The molecule has 4 nitrogen and oxygen atoms in total.